The van der Waals surface area contributed by atoms with Gasteiger partial charge < -0.3 is 15.2 Å². The van der Waals surface area contributed by atoms with E-state index in [9.17, 15) is 18.3 Å². The molecule has 39 heavy (non-hydrogen) atoms. The highest BCUT2D eigenvalue weighted by Crippen LogP contribution is 2.36. The number of amides is 1. The summed E-state index contributed by atoms with van der Waals surface area (Å²) in [5, 5.41) is 16.8. The van der Waals surface area contributed by atoms with E-state index < -0.39 is 21.2 Å². The van der Waals surface area contributed by atoms with E-state index in [-0.39, 0.29) is 35.6 Å². The number of nitrogens with zero attached hydrogens (tertiary/aromatic N) is 3. The molecule has 0 bridgehead atoms. The average molecular weight is 549 g/mol. The summed E-state index contributed by atoms with van der Waals surface area (Å²) in [7, 11) is -3.56. The van der Waals surface area contributed by atoms with Crippen molar-refractivity contribution in [2.45, 2.75) is 68.7 Å². The number of aryl methyl sites for hydroxylation is 1. The Labute approximate surface area is 227 Å². The van der Waals surface area contributed by atoms with Gasteiger partial charge in [-0.3, -0.25) is 14.5 Å². The van der Waals surface area contributed by atoms with Crippen LogP contribution >= 0.6 is 0 Å². The molecular formula is C29H32N4O5S. The maximum absolute atomic E-state index is 13.0. The number of carbonyl (C=O) groups excluding carboxylic acids is 1. The maximum Gasteiger partial charge on any atom is 0.228 e. The average Bonchev–Trinajstić information content (AvgIpc) is 3.32. The second-order valence-electron chi connectivity index (χ2n) is 11.1. The zero-order valence-electron chi connectivity index (χ0n) is 22.4. The van der Waals surface area contributed by atoms with Gasteiger partial charge in [-0.25, -0.2) is 8.42 Å². The van der Waals surface area contributed by atoms with Crippen LogP contribution < -0.4 is 10.1 Å². The summed E-state index contributed by atoms with van der Waals surface area (Å²) in [4.78, 5) is 17.2. The minimum atomic E-state index is -3.56. The Morgan fingerprint density at radius 3 is 2.56 bits per heavy atom. The van der Waals surface area contributed by atoms with Crippen LogP contribution in [0.4, 0.5) is 5.69 Å². The number of aliphatic hydroxyl groups is 1. The number of anilines is 1. The number of ether oxygens (including phenoxy) is 1. The molecule has 1 saturated carbocycles. The lowest BCUT2D eigenvalue weighted by Crippen LogP contribution is -2.39. The molecule has 2 aromatic heterocycles. The molecule has 0 saturated heterocycles. The minimum Gasteiger partial charge on any atom is -0.456 e. The molecule has 0 radical (unpaired) electrons. The molecule has 1 aliphatic carbocycles. The Hall–Kier alpha value is -3.76. The SMILES string of the molecule is Cc1cc(CC(=O)Nc2cnn(C(C)(C)C)c2)ccc1Oc1ccnc2ccc(S(=O)(=O)C3CC(O)C3)cc12. The van der Waals surface area contributed by atoms with Crippen molar-refractivity contribution in [3.05, 3.63) is 72.2 Å². The van der Waals surface area contributed by atoms with Crippen LogP contribution in [-0.2, 0) is 26.6 Å². The zero-order valence-corrected chi connectivity index (χ0v) is 23.2. The maximum atomic E-state index is 13.0. The van der Waals surface area contributed by atoms with Gasteiger partial charge in [0.15, 0.2) is 9.84 Å². The summed E-state index contributed by atoms with van der Waals surface area (Å²) in [6.45, 7) is 8.00. The number of pyridine rings is 1. The molecule has 2 aromatic carbocycles. The van der Waals surface area contributed by atoms with Crippen LogP contribution in [0.2, 0.25) is 0 Å². The van der Waals surface area contributed by atoms with Crippen molar-refractivity contribution in [2.75, 3.05) is 5.32 Å². The van der Waals surface area contributed by atoms with E-state index in [1.807, 2.05) is 46.0 Å². The number of carbonyl (C=O) groups is 1. The fourth-order valence-electron chi connectivity index (χ4n) is 4.55. The molecule has 5 rings (SSSR count). The Kier molecular flexibility index (Phi) is 6.94. The Morgan fingerprint density at radius 2 is 1.90 bits per heavy atom. The Morgan fingerprint density at radius 1 is 1.13 bits per heavy atom. The molecule has 204 valence electrons. The first-order valence-corrected chi connectivity index (χ1v) is 14.4. The third-order valence-corrected chi connectivity index (χ3v) is 9.06. The van der Waals surface area contributed by atoms with Gasteiger partial charge in [0.25, 0.3) is 0 Å². The van der Waals surface area contributed by atoms with Gasteiger partial charge in [-0.05, 0) is 82.0 Å². The van der Waals surface area contributed by atoms with Crippen molar-refractivity contribution in [1.29, 1.82) is 0 Å². The van der Waals surface area contributed by atoms with Gasteiger partial charge >= 0.3 is 0 Å². The molecule has 0 spiro atoms. The Bertz CT molecular complexity index is 1650. The van der Waals surface area contributed by atoms with E-state index in [4.69, 9.17) is 4.74 Å². The molecule has 0 atom stereocenters. The predicted octanol–water partition coefficient (Wildman–Crippen LogP) is 4.77. The first-order valence-electron chi connectivity index (χ1n) is 12.8. The second-order valence-corrected chi connectivity index (χ2v) is 13.3. The van der Waals surface area contributed by atoms with E-state index >= 15 is 0 Å². The van der Waals surface area contributed by atoms with Crippen molar-refractivity contribution in [3.63, 3.8) is 0 Å². The molecule has 9 nitrogen and oxygen atoms in total. The molecule has 10 heteroatoms. The van der Waals surface area contributed by atoms with Gasteiger partial charge in [-0.1, -0.05) is 12.1 Å². The largest absolute Gasteiger partial charge is 0.456 e. The highest BCUT2D eigenvalue weighted by molar-refractivity contribution is 7.92. The van der Waals surface area contributed by atoms with Crippen LogP contribution in [0.25, 0.3) is 10.9 Å². The van der Waals surface area contributed by atoms with Crippen LogP contribution in [0.1, 0.15) is 44.7 Å². The molecule has 1 aliphatic rings. The molecule has 2 heterocycles. The lowest BCUT2D eigenvalue weighted by Gasteiger charge is -2.30. The van der Waals surface area contributed by atoms with Crippen LogP contribution in [-0.4, -0.2) is 45.5 Å². The summed E-state index contributed by atoms with van der Waals surface area (Å²) in [5.41, 5.74) is 2.74. The van der Waals surface area contributed by atoms with Gasteiger partial charge in [-0.2, -0.15) is 5.10 Å². The van der Waals surface area contributed by atoms with Gasteiger partial charge in [0, 0.05) is 17.8 Å². The number of benzene rings is 2. The number of hydrogen-bond acceptors (Lipinski definition) is 7. The van der Waals surface area contributed by atoms with Gasteiger partial charge in [0.1, 0.15) is 11.5 Å². The summed E-state index contributed by atoms with van der Waals surface area (Å²) >= 11 is 0. The first kappa shape index (κ1) is 26.8. The van der Waals surface area contributed by atoms with Crippen LogP contribution in [0.3, 0.4) is 0 Å². The standard InChI is InChI=1S/C29H32N4O5S/c1-18-11-19(12-28(35)32-20-16-31-33(17-20)29(2,3)4)5-8-26(18)38-27-9-10-30-25-7-6-22(15-24(25)27)39(36,37)23-13-21(34)14-23/h5-11,15-17,21,23,34H,12-14H2,1-4H3,(H,32,35). The molecular weight excluding hydrogens is 516 g/mol. The third-order valence-electron chi connectivity index (χ3n) is 6.89. The van der Waals surface area contributed by atoms with Gasteiger partial charge in [0.2, 0.25) is 5.91 Å². The molecule has 0 unspecified atom stereocenters. The van der Waals surface area contributed by atoms with Crippen molar-refractivity contribution >= 4 is 32.3 Å². The molecule has 2 N–H and O–H groups in total. The summed E-state index contributed by atoms with van der Waals surface area (Å²) in [5.74, 6) is 0.924. The van der Waals surface area contributed by atoms with E-state index in [0.29, 0.717) is 28.1 Å². The number of fused-ring (bicyclic) bond motifs is 1. The number of aliphatic hydroxyl groups excluding tert-OH is 1. The first-order chi connectivity index (χ1) is 18.4. The van der Waals surface area contributed by atoms with Gasteiger partial charge in [0.05, 0.1) is 45.6 Å². The van der Waals surface area contributed by atoms with Gasteiger partial charge in [-0.15, -0.1) is 0 Å². The highest BCUT2D eigenvalue weighted by atomic mass is 32.2. The predicted molar refractivity (Wildman–Crippen MR) is 149 cm³/mol. The van der Waals surface area contributed by atoms with Crippen LogP contribution in [0.15, 0.2) is 66.0 Å². The number of hydrogen-bond donors (Lipinski definition) is 2. The number of nitrogens with one attached hydrogen (secondary N) is 1. The molecule has 1 fully saturated rings. The fourth-order valence-corrected chi connectivity index (χ4v) is 6.42. The third kappa shape index (κ3) is 5.67. The minimum absolute atomic E-state index is 0.149. The number of aromatic nitrogens is 3. The van der Waals surface area contributed by atoms with Crippen molar-refractivity contribution in [3.8, 4) is 11.5 Å². The summed E-state index contributed by atoms with van der Waals surface area (Å²) in [6, 6.07) is 12.1. The number of rotatable bonds is 7. The molecule has 0 aliphatic heterocycles. The van der Waals surface area contributed by atoms with E-state index in [1.165, 1.54) is 0 Å². The van der Waals surface area contributed by atoms with E-state index in [0.717, 1.165) is 11.1 Å². The lowest BCUT2D eigenvalue weighted by atomic mass is 9.96. The quantitative estimate of drug-likeness (QED) is 0.341. The smallest absolute Gasteiger partial charge is 0.228 e. The molecule has 4 aromatic rings. The van der Waals surface area contributed by atoms with Crippen LogP contribution in [0.5, 0.6) is 11.5 Å². The second kappa shape index (κ2) is 10.1. The highest BCUT2D eigenvalue weighted by Gasteiger charge is 2.38. The van der Waals surface area contributed by atoms with E-state index in [1.54, 1.807) is 47.4 Å². The topological polar surface area (TPSA) is 123 Å². The zero-order chi connectivity index (χ0) is 27.9. The van der Waals surface area contributed by atoms with Crippen molar-refractivity contribution in [1.82, 2.24) is 14.8 Å². The fraction of sp³-hybridized carbons (Fsp3) is 0.345. The summed E-state index contributed by atoms with van der Waals surface area (Å²) in [6.07, 6.45) is 5.19. The van der Waals surface area contributed by atoms with Crippen LogP contribution in [0, 0.1) is 6.92 Å². The Balaban J connectivity index is 1.32. The van der Waals surface area contributed by atoms with Crippen molar-refractivity contribution in [2.24, 2.45) is 0 Å². The molecule has 1 amide bonds. The lowest BCUT2D eigenvalue weighted by molar-refractivity contribution is -0.115. The van der Waals surface area contributed by atoms with Crippen molar-refractivity contribution < 1.29 is 23.1 Å². The number of sulfone groups is 1. The summed E-state index contributed by atoms with van der Waals surface area (Å²) < 4.78 is 34.0. The normalized spacial score (nSPS) is 17.6. The van der Waals surface area contributed by atoms with E-state index in [2.05, 4.69) is 15.4 Å². The monoisotopic (exact) mass is 548 g/mol.